The van der Waals surface area contributed by atoms with Crippen LogP contribution in [-0.4, -0.2) is 35.0 Å². The largest absolute Gasteiger partial charge is 0.480 e. The second-order valence-corrected chi connectivity index (χ2v) is 4.08. The highest BCUT2D eigenvalue weighted by atomic mass is 16.4. The van der Waals surface area contributed by atoms with E-state index in [-0.39, 0.29) is 11.9 Å². The van der Waals surface area contributed by atoms with Gasteiger partial charge in [-0.15, -0.1) is 0 Å². The summed E-state index contributed by atoms with van der Waals surface area (Å²) in [6.45, 7) is 2.88. The average Bonchev–Trinajstić information content (AvgIpc) is 2.83. The Hall–Kier alpha value is -1.06. The molecule has 1 saturated carbocycles. The standard InChI is InChI=1S/C9H15NO3/c1-9(2,8(12)13)7(11)10(3)6-4-5-6/h6H,4-5H2,1-3H3,(H,12,13). The van der Waals surface area contributed by atoms with Gasteiger partial charge in [-0.1, -0.05) is 0 Å². The fourth-order valence-electron chi connectivity index (χ4n) is 1.16. The molecule has 0 saturated heterocycles. The van der Waals surface area contributed by atoms with Crippen LogP contribution in [-0.2, 0) is 9.59 Å². The van der Waals surface area contributed by atoms with Crippen LogP contribution in [0.2, 0.25) is 0 Å². The third-order valence-corrected chi connectivity index (χ3v) is 2.48. The van der Waals surface area contributed by atoms with E-state index in [1.165, 1.54) is 13.8 Å². The summed E-state index contributed by atoms with van der Waals surface area (Å²) >= 11 is 0. The lowest BCUT2D eigenvalue weighted by molar-refractivity contribution is -0.157. The molecule has 4 nitrogen and oxygen atoms in total. The van der Waals surface area contributed by atoms with Gasteiger partial charge in [0.2, 0.25) is 5.91 Å². The smallest absolute Gasteiger partial charge is 0.318 e. The molecule has 0 aliphatic heterocycles. The molecule has 1 rings (SSSR count). The van der Waals surface area contributed by atoms with Crippen molar-refractivity contribution in [1.29, 1.82) is 0 Å². The highest BCUT2D eigenvalue weighted by Gasteiger charge is 2.42. The molecule has 0 aromatic rings. The van der Waals surface area contributed by atoms with Crippen molar-refractivity contribution in [2.75, 3.05) is 7.05 Å². The van der Waals surface area contributed by atoms with Gasteiger partial charge in [0.25, 0.3) is 0 Å². The highest BCUT2D eigenvalue weighted by Crippen LogP contribution is 2.29. The molecule has 0 aromatic carbocycles. The number of hydrogen-bond acceptors (Lipinski definition) is 2. The number of amides is 1. The molecule has 4 heteroatoms. The lowest BCUT2D eigenvalue weighted by atomic mass is 9.92. The van der Waals surface area contributed by atoms with E-state index in [1.54, 1.807) is 11.9 Å². The summed E-state index contributed by atoms with van der Waals surface area (Å²) in [6, 6.07) is 0.270. The number of carboxylic acid groups (broad SMARTS) is 1. The SMILES string of the molecule is CN(C(=O)C(C)(C)C(=O)O)C1CC1. The van der Waals surface area contributed by atoms with E-state index < -0.39 is 11.4 Å². The molecular formula is C9H15NO3. The fraction of sp³-hybridized carbons (Fsp3) is 0.778. The molecule has 0 spiro atoms. The fourth-order valence-corrected chi connectivity index (χ4v) is 1.16. The molecule has 0 radical (unpaired) electrons. The minimum Gasteiger partial charge on any atom is -0.480 e. The van der Waals surface area contributed by atoms with Crippen LogP contribution in [0.15, 0.2) is 0 Å². The van der Waals surface area contributed by atoms with Crippen molar-refractivity contribution in [3.63, 3.8) is 0 Å². The number of hydrogen-bond donors (Lipinski definition) is 1. The zero-order chi connectivity index (χ0) is 10.2. The number of carbonyl (C=O) groups excluding carboxylic acids is 1. The van der Waals surface area contributed by atoms with Gasteiger partial charge in [-0.2, -0.15) is 0 Å². The van der Waals surface area contributed by atoms with E-state index in [9.17, 15) is 9.59 Å². The van der Waals surface area contributed by atoms with E-state index in [0.29, 0.717) is 0 Å². The van der Waals surface area contributed by atoms with Crippen LogP contribution in [0.3, 0.4) is 0 Å². The Labute approximate surface area is 77.5 Å². The lowest BCUT2D eigenvalue weighted by Gasteiger charge is -2.25. The van der Waals surface area contributed by atoms with Crippen LogP contribution in [0.25, 0.3) is 0 Å². The van der Waals surface area contributed by atoms with E-state index in [0.717, 1.165) is 12.8 Å². The lowest BCUT2D eigenvalue weighted by Crippen LogP contribution is -2.44. The third kappa shape index (κ3) is 1.82. The zero-order valence-corrected chi connectivity index (χ0v) is 8.20. The second-order valence-electron chi connectivity index (χ2n) is 4.08. The van der Waals surface area contributed by atoms with Crippen molar-refractivity contribution in [3.8, 4) is 0 Å². The molecule has 0 atom stereocenters. The number of rotatable bonds is 3. The normalized spacial score (nSPS) is 16.8. The monoisotopic (exact) mass is 185 g/mol. The van der Waals surface area contributed by atoms with Crippen molar-refractivity contribution in [1.82, 2.24) is 4.90 Å². The topological polar surface area (TPSA) is 57.6 Å². The average molecular weight is 185 g/mol. The van der Waals surface area contributed by atoms with Gasteiger partial charge in [-0.25, -0.2) is 0 Å². The van der Waals surface area contributed by atoms with Crippen molar-refractivity contribution in [3.05, 3.63) is 0 Å². The van der Waals surface area contributed by atoms with Gasteiger partial charge in [0, 0.05) is 13.1 Å². The van der Waals surface area contributed by atoms with Crippen LogP contribution in [0.5, 0.6) is 0 Å². The molecule has 0 heterocycles. The van der Waals surface area contributed by atoms with Crippen molar-refractivity contribution >= 4 is 11.9 Å². The van der Waals surface area contributed by atoms with Gasteiger partial charge in [-0.3, -0.25) is 9.59 Å². The molecule has 1 N–H and O–H groups in total. The maximum Gasteiger partial charge on any atom is 0.318 e. The second kappa shape index (κ2) is 3.01. The molecule has 1 aliphatic carbocycles. The summed E-state index contributed by atoms with van der Waals surface area (Å²) in [7, 11) is 1.67. The summed E-state index contributed by atoms with van der Waals surface area (Å²) in [4.78, 5) is 23.9. The van der Waals surface area contributed by atoms with Crippen molar-refractivity contribution < 1.29 is 14.7 Å². The summed E-state index contributed by atoms with van der Waals surface area (Å²) in [5.74, 6) is -1.37. The van der Waals surface area contributed by atoms with Gasteiger partial charge < -0.3 is 10.0 Å². The molecule has 1 fully saturated rings. The molecule has 13 heavy (non-hydrogen) atoms. The molecule has 0 bridgehead atoms. The first-order valence-electron chi connectivity index (χ1n) is 4.38. The molecule has 74 valence electrons. The van der Waals surface area contributed by atoms with Crippen molar-refractivity contribution in [2.24, 2.45) is 5.41 Å². The van der Waals surface area contributed by atoms with Crippen LogP contribution in [0.4, 0.5) is 0 Å². The van der Waals surface area contributed by atoms with E-state index in [2.05, 4.69) is 0 Å². The Morgan fingerprint density at radius 3 is 2.15 bits per heavy atom. The highest BCUT2D eigenvalue weighted by molar-refractivity contribution is 6.01. The minimum atomic E-state index is -1.29. The zero-order valence-electron chi connectivity index (χ0n) is 8.20. The summed E-state index contributed by atoms with van der Waals surface area (Å²) < 4.78 is 0. The van der Waals surface area contributed by atoms with Crippen LogP contribution in [0, 0.1) is 5.41 Å². The van der Waals surface area contributed by atoms with Crippen LogP contribution < -0.4 is 0 Å². The molecular weight excluding hydrogens is 170 g/mol. The van der Waals surface area contributed by atoms with Crippen LogP contribution >= 0.6 is 0 Å². The van der Waals surface area contributed by atoms with E-state index >= 15 is 0 Å². The summed E-state index contributed by atoms with van der Waals surface area (Å²) in [5, 5.41) is 8.82. The Bertz CT molecular complexity index is 243. The summed E-state index contributed by atoms with van der Waals surface area (Å²) in [5.41, 5.74) is -1.29. The maximum atomic E-state index is 11.6. The maximum absolute atomic E-state index is 11.6. The number of carbonyl (C=O) groups is 2. The first-order valence-corrected chi connectivity index (χ1v) is 4.38. The predicted octanol–water partition coefficient (Wildman–Crippen LogP) is 0.718. The van der Waals surface area contributed by atoms with Crippen molar-refractivity contribution in [2.45, 2.75) is 32.7 Å². The third-order valence-electron chi connectivity index (χ3n) is 2.48. The number of nitrogens with zero attached hydrogens (tertiary/aromatic N) is 1. The van der Waals surface area contributed by atoms with Crippen LogP contribution in [0.1, 0.15) is 26.7 Å². The Morgan fingerprint density at radius 2 is 1.85 bits per heavy atom. The molecule has 1 aliphatic rings. The minimum absolute atomic E-state index is 0.270. The molecule has 0 aromatic heterocycles. The quantitative estimate of drug-likeness (QED) is 0.659. The molecule has 1 amide bonds. The van der Waals surface area contributed by atoms with E-state index in [1.807, 2.05) is 0 Å². The first kappa shape index (κ1) is 10.0. The summed E-state index contributed by atoms with van der Waals surface area (Å²) in [6.07, 6.45) is 2.00. The number of carboxylic acids is 1. The molecule has 0 unspecified atom stereocenters. The first-order chi connectivity index (χ1) is 5.87. The van der Waals surface area contributed by atoms with Gasteiger partial charge in [-0.05, 0) is 26.7 Å². The van der Waals surface area contributed by atoms with Gasteiger partial charge in [0.1, 0.15) is 5.41 Å². The van der Waals surface area contributed by atoms with Gasteiger partial charge in [0.05, 0.1) is 0 Å². The Morgan fingerprint density at radius 1 is 1.38 bits per heavy atom. The number of aliphatic carboxylic acids is 1. The Balaban J connectivity index is 2.69. The van der Waals surface area contributed by atoms with Gasteiger partial charge >= 0.3 is 5.97 Å². The van der Waals surface area contributed by atoms with Gasteiger partial charge in [0.15, 0.2) is 0 Å². The van der Waals surface area contributed by atoms with E-state index in [4.69, 9.17) is 5.11 Å². The predicted molar refractivity (Wildman–Crippen MR) is 47.2 cm³/mol. The Kier molecular flexibility index (Phi) is 2.32.